The van der Waals surface area contributed by atoms with Gasteiger partial charge in [0.05, 0.1) is 18.1 Å². The zero-order valence-corrected chi connectivity index (χ0v) is 14.1. The van der Waals surface area contributed by atoms with Crippen LogP contribution in [0.4, 0.5) is 0 Å². The molecule has 0 bridgehead atoms. The van der Waals surface area contributed by atoms with Crippen molar-refractivity contribution in [3.8, 4) is 0 Å². The fourth-order valence-electron chi connectivity index (χ4n) is 2.34. The van der Waals surface area contributed by atoms with Crippen LogP contribution in [0.1, 0.15) is 18.7 Å². The summed E-state index contributed by atoms with van der Waals surface area (Å²) in [6.45, 7) is 6.28. The van der Waals surface area contributed by atoms with E-state index in [2.05, 4.69) is 17.9 Å². The molecule has 1 atom stereocenters. The molecule has 1 heterocycles. The fourth-order valence-corrected chi connectivity index (χ4v) is 3.87. The number of carbonyl (C=O) groups is 1. The Morgan fingerprint density at radius 1 is 1.43 bits per heavy atom. The van der Waals surface area contributed by atoms with Gasteiger partial charge in [-0.05, 0) is 12.6 Å². The van der Waals surface area contributed by atoms with Gasteiger partial charge in [0.25, 0.3) is 0 Å². The Labute approximate surface area is 134 Å². The number of hydrogen-bond acceptors (Lipinski definition) is 4. The van der Waals surface area contributed by atoms with E-state index in [0.29, 0.717) is 6.54 Å². The van der Waals surface area contributed by atoms with E-state index in [9.17, 15) is 4.79 Å². The number of carbonyl (C=O) groups excluding carboxylic acids is 1. The highest BCUT2D eigenvalue weighted by Crippen LogP contribution is 2.35. The molecule has 1 aromatic carbocycles. The summed E-state index contributed by atoms with van der Waals surface area (Å²) < 4.78 is 5.99. The molecule has 0 spiro atoms. The van der Waals surface area contributed by atoms with E-state index >= 15 is 0 Å². The third kappa shape index (κ3) is 3.76. The van der Waals surface area contributed by atoms with Gasteiger partial charge in [-0.3, -0.25) is 9.69 Å². The smallest absolute Gasteiger partial charge is 0.309 e. The van der Waals surface area contributed by atoms with Gasteiger partial charge in [-0.15, -0.1) is 11.3 Å². The number of halogens is 1. The molecule has 5 heteroatoms. The highest BCUT2D eigenvalue weighted by Gasteiger charge is 2.19. The number of hydrogen-bond donors (Lipinski definition) is 0. The maximum atomic E-state index is 11.6. The molecule has 21 heavy (non-hydrogen) atoms. The number of nitrogens with zero attached hydrogens (tertiary/aromatic N) is 1. The van der Waals surface area contributed by atoms with Gasteiger partial charge < -0.3 is 4.74 Å². The molecular formula is C16H20ClNO2S. The minimum absolute atomic E-state index is 0.136. The second kappa shape index (κ2) is 7.25. The van der Waals surface area contributed by atoms with Gasteiger partial charge in [0, 0.05) is 28.1 Å². The summed E-state index contributed by atoms with van der Waals surface area (Å²) in [5.41, 5.74) is 0. The van der Waals surface area contributed by atoms with Crippen LogP contribution < -0.4 is 0 Å². The molecule has 0 fully saturated rings. The van der Waals surface area contributed by atoms with Crippen molar-refractivity contribution in [2.24, 2.45) is 5.92 Å². The summed E-state index contributed by atoms with van der Waals surface area (Å²) in [6, 6.07) is 8.16. The first-order valence-corrected chi connectivity index (χ1v) is 8.22. The van der Waals surface area contributed by atoms with Crippen molar-refractivity contribution < 1.29 is 9.53 Å². The molecule has 0 aliphatic heterocycles. The van der Waals surface area contributed by atoms with E-state index in [-0.39, 0.29) is 11.9 Å². The van der Waals surface area contributed by atoms with E-state index < -0.39 is 0 Å². The number of esters is 1. The normalized spacial score (nSPS) is 12.8. The lowest BCUT2D eigenvalue weighted by Gasteiger charge is -2.22. The van der Waals surface area contributed by atoms with Crippen molar-refractivity contribution >= 4 is 39.0 Å². The highest BCUT2D eigenvalue weighted by atomic mass is 35.5. The van der Waals surface area contributed by atoms with Crippen molar-refractivity contribution in [1.82, 2.24) is 4.90 Å². The Morgan fingerprint density at radius 2 is 2.14 bits per heavy atom. The fraction of sp³-hybridized carbons (Fsp3) is 0.438. The second-order valence-electron chi connectivity index (χ2n) is 5.09. The molecule has 0 aliphatic carbocycles. The molecule has 1 unspecified atom stereocenters. The zero-order valence-electron chi connectivity index (χ0n) is 12.6. The third-order valence-electron chi connectivity index (χ3n) is 3.55. The second-order valence-corrected chi connectivity index (χ2v) is 6.60. The Morgan fingerprint density at radius 3 is 2.76 bits per heavy atom. The van der Waals surface area contributed by atoms with E-state index in [0.717, 1.165) is 28.4 Å². The van der Waals surface area contributed by atoms with Crippen LogP contribution >= 0.6 is 22.9 Å². The number of benzene rings is 1. The lowest BCUT2D eigenvalue weighted by atomic mass is 10.1. The topological polar surface area (TPSA) is 29.5 Å². The summed E-state index contributed by atoms with van der Waals surface area (Å²) >= 11 is 8.20. The molecule has 0 saturated carbocycles. The van der Waals surface area contributed by atoms with Crippen molar-refractivity contribution in [3.05, 3.63) is 34.2 Å². The van der Waals surface area contributed by atoms with Gasteiger partial charge >= 0.3 is 5.97 Å². The molecule has 0 radical (unpaired) electrons. The van der Waals surface area contributed by atoms with Crippen LogP contribution in [-0.2, 0) is 16.1 Å². The van der Waals surface area contributed by atoms with Gasteiger partial charge in [-0.25, -0.2) is 0 Å². The SMILES string of the molecule is CCN(Cc1sc2ccccc2c1Cl)CC(C)C(=O)OC. The van der Waals surface area contributed by atoms with Gasteiger partial charge in [-0.2, -0.15) is 0 Å². The maximum Gasteiger partial charge on any atom is 0.309 e. The average molecular weight is 326 g/mol. The third-order valence-corrected chi connectivity index (χ3v) is 5.25. The van der Waals surface area contributed by atoms with Gasteiger partial charge in [0.15, 0.2) is 0 Å². The molecule has 0 amide bonds. The summed E-state index contributed by atoms with van der Waals surface area (Å²) in [6.07, 6.45) is 0. The van der Waals surface area contributed by atoms with Gasteiger partial charge in [0.1, 0.15) is 0 Å². The first kappa shape index (κ1) is 16.3. The minimum atomic E-state index is -0.170. The van der Waals surface area contributed by atoms with Crippen LogP contribution in [0.25, 0.3) is 10.1 Å². The number of thiophene rings is 1. The monoisotopic (exact) mass is 325 g/mol. The maximum absolute atomic E-state index is 11.6. The molecule has 3 nitrogen and oxygen atoms in total. The van der Waals surface area contributed by atoms with Crippen LogP contribution in [0.5, 0.6) is 0 Å². The van der Waals surface area contributed by atoms with Crippen molar-refractivity contribution in [2.75, 3.05) is 20.2 Å². The average Bonchev–Trinajstić information content (AvgIpc) is 2.82. The van der Waals surface area contributed by atoms with Gasteiger partial charge in [-0.1, -0.05) is 43.6 Å². The predicted octanol–water partition coefficient (Wildman–Crippen LogP) is 4.19. The van der Waals surface area contributed by atoms with Crippen molar-refractivity contribution in [3.63, 3.8) is 0 Å². The van der Waals surface area contributed by atoms with Crippen LogP contribution in [0.2, 0.25) is 5.02 Å². The number of methoxy groups -OCH3 is 1. The first-order chi connectivity index (χ1) is 10.1. The molecule has 0 saturated heterocycles. The lowest BCUT2D eigenvalue weighted by Crippen LogP contribution is -2.31. The Kier molecular flexibility index (Phi) is 5.62. The molecule has 114 valence electrons. The van der Waals surface area contributed by atoms with E-state index in [1.54, 1.807) is 11.3 Å². The minimum Gasteiger partial charge on any atom is -0.469 e. The van der Waals surface area contributed by atoms with Crippen LogP contribution in [-0.4, -0.2) is 31.1 Å². The molecule has 2 aromatic rings. The Hall–Kier alpha value is -1.10. The molecule has 1 aromatic heterocycles. The van der Waals surface area contributed by atoms with E-state index in [1.165, 1.54) is 11.8 Å². The highest BCUT2D eigenvalue weighted by molar-refractivity contribution is 7.19. The number of ether oxygens (including phenoxy) is 1. The van der Waals surface area contributed by atoms with E-state index in [1.807, 2.05) is 25.1 Å². The lowest BCUT2D eigenvalue weighted by molar-refractivity contribution is -0.145. The summed E-state index contributed by atoms with van der Waals surface area (Å²) in [5, 5.41) is 1.94. The largest absolute Gasteiger partial charge is 0.469 e. The summed E-state index contributed by atoms with van der Waals surface area (Å²) in [4.78, 5) is 14.9. The van der Waals surface area contributed by atoms with Crippen LogP contribution in [0.15, 0.2) is 24.3 Å². The van der Waals surface area contributed by atoms with Crippen LogP contribution in [0.3, 0.4) is 0 Å². The van der Waals surface area contributed by atoms with Crippen LogP contribution in [0, 0.1) is 5.92 Å². The number of fused-ring (bicyclic) bond motifs is 1. The van der Waals surface area contributed by atoms with Crippen molar-refractivity contribution in [1.29, 1.82) is 0 Å². The standard InChI is InChI=1S/C16H20ClNO2S/c1-4-18(9-11(2)16(19)20-3)10-14-15(17)12-7-5-6-8-13(12)21-14/h5-8,11H,4,9-10H2,1-3H3. The number of rotatable bonds is 6. The summed E-state index contributed by atoms with van der Waals surface area (Å²) in [7, 11) is 1.43. The first-order valence-electron chi connectivity index (χ1n) is 7.02. The zero-order chi connectivity index (χ0) is 15.4. The Bertz CT molecular complexity index is 626. The Balaban J connectivity index is 2.13. The molecular weight excluding hydrogens is 306 g/mol. The molecule has 2 rings (SSSR count). The van der Waals surface area contributed by atoms with E-state index in [4.69, 9.17) is 16.3 Å². The predicted molar refractivity (Wildman–Crippen MR) is 89.0 cm³/mol. The quantitative estimate of drug-likeness (QED) is 0.746. The molecule has 0 N–H and O–H groups in total. The molecule has 0 aliphatic rings. The summed E-state index contributed by atoms with van der Waals surface area (Å²) in [5.74, 6) is -0.306. The van der Waals surface area contributed by atoms with Gasteiger partial charge in [0.2, 0.25) is 0 Å². The van der Waals surface area contributed by atoms with Crippen molar-refractivity contribution in [2.45, 2.75) is 20.4 Å².